The van der Waals surface area contributed by atoms with E-state index < -0.39 is 12.1 Å². The fourth-order valence-corrected chi connectivity index (χ4v) is 7.97. The number of carbonyl (C=O) groups is 3. The number of ether oxygens (including phenoxy) is 3. The van der Waals surface area contributed by atoms with Crippen molar-refractivity contribution in [3.05, 3.63) is 207 Å². The van der Waals surface area contributed by atoms with Crippen molar-refractivity contribution in [3.63, 3.8) is 0 Å². The summed E-state index contributed by atoms with van der Waals surface area (Å²) in [6.45, 7) is 6.23. The first kappa shape index (κ1) is 77.0. The number of carbonyl (C=O) groups excluding carboxylic acids is 3. The van der Waals surface area contributed by atoms with Crippen LogP contribution >= 0.6 is 0 Å². The lowest BCUT2D eigenvalue weighted by Gasteiger charge is -2.18. The Morgan fingerprint density at radius 3 is 0.783 bits per heavy atom. The predicted octanol–water partition coefficient (Wildman–Crippen LogP) is 22.8. The van der Waals surface area contributed by atoms with Gasteiger partial charge in [0.25, 0.3) is 0 Å². The molecule has 0 spiro atoms. The van der Waals surface area contributed by atoms with Crippen LogP contribution < -0.4 is 0 Å². The van der Waals surface area contributed by atoms with Crippen LogP contribution in [-0.4, -0.2) is 37.2 Å². The Morgan fingerprint density at radius 2 is 0.494 bits per heavy atom. The molecule has 0 aliphatic rings. The molecule has 0 radical (unpaired) electrons. The molecule has 1 unspecified atom stereocenters. The Balaban J connectivity index is 4.47. The molecule has 0 rings (SSSR count). The van der Waals surface area contributed by atoms with Gasteiger partial charge in [0.2, 0.25) is 0 Å². The number of rotatable bonds is 56. The van der Waals surface area contributed by atoms with Crippen molar-refractivity contribution in [2.75, 3.05) is 13.2 Å². The van der Waals surface area contributed by atoms with Gasteiger partial charge in [-0.1, -0.05) is 272 Å². The fraction of sp³-hybridized carbons (Fsp3) is 0.519. The summed E-state index contributed by atoms with van der Waals surface area (Å²) in [5, 5.41) is 0. The molecular weight excluding hydrogens is 1020 g/mol. The lowest BCUT2D eigenvalue weighted by molar-refractivity contribution is -0.166. The van der Waals surface area contributed by atoms with E-state index in [9.17, 15) is 14.4 Å². The summed E-state index contributed by atoms with van der Waals surface area (Å²) in [7, 11) is 0. The average molecular weight is 1140 g/mol. The molecule has 0 bridgehead atoms. The molecule has 0 aliphatic heterocycles. The standard InChI is InChI=1S/C77H116O6/c1-4-7-10-13-16-19-22-25-27-29-31-32-33-34-35-36-37-38-39-40-41-42-43-44-46-47-49-52-55-58-61-64-67-70-76(79)82-73-74(72-81-75(78)69-66-63-60-57-54-51-24-21-18-15-12-9-6-3)83-77(80)71-68-65-62-59-56-53-50-48-45-30-28-26-23-20-17-14-11-8-5-2/h7-8,10-12,15-17,19-21,24-28,31-32,34-35,37-38,40-41,43-45,47-49,53,56,62,65,74H,4-6,9,13-14,18,22-23,29-30,33,36,39,42,46,50-52,54-55,57-61,63-64,66-73H2,1-3H3/b10-7-,11-8-,15-12-,19-16-,20-17-,24-21-,27-25-,28-26-,32-31-,35-34-,38-37-,41-40-,44-43-,48-45-,49-47-,56-53-,65-62-. The van der Waals surface area contributed by atoms with Crippen LogP contribution in [0.2, 0.25) is 0 Å². The molecule has 0 saturated heterocycles. The molecule has 460 valence electrons. The van der Waals surface area contributed by atoms with Crippen LogP contribution in [0, 0.1) is 0 Å². The van der Waals surface area contributed by atoms with Gasteiger partial charge in [-0.2, -0.15) is 0 Å². The van der Waals surface area contributed by atoms with E-state index in [2.05, 4.69) is 215 Å². The molecule has 1 atom stereocenters. The molecule has 0 heterocycles. The summed E-state index contributed by atoms with van der Waals surface area (Å²) >= 11 is 0. The Bertz CT molecular complexity index is 2030. The van der Waals surface area contributed by atoms with E-state index in [1.165, 1.54) is 6.42 Å². The lowest BCUT2D eigenvalue weighted by Crippen LogP contribution is -2.30. The maximum atomic E-state index is 12.9. The highest BCUT2D eigenvalue weighted by atomic mass is 16.6. The summed E-state index contributed by atoms with van der Waals surface area (Å²) in [5.41, 5.74) is 0. The van der Waals surface area contributed by atoms with Gasteiger partial charge in [-0.15, -0.1) is 0 Å². The predicted molar refractivity (Wildman–Crippen MR) is 361 cm³/mol. The summed E-state index contributed by atoms with van der Waals surface area (Å²) in [6.07, 6.45) is 106. The lowest BCUT2D eigenvalue weighted by atomic mass is 10.1. The molecule has 6 heteroatoms. The minimum Gasteiger partial charge on any atom is -0.462 e. The van der Waals surface area contributed by atoms with E-state index in [4.69, 9.17) is 14.2 Å². The molecule has 0 aliphatic carbocycles. The van der Waals surface area contributed by atoms with Crippen molar-refractivity contribution in [2.24, 2.45) is 0 Å². The first-order chi connectivity index (χ1) is 41.0. The van der Waals surface area contributed by atoms with E-state index in [1.54, 1.807) is 0 Å². The van der Waals surface area contributed by atoms with E-state index in [1.807, 2.05) is 12.2 Å². The molecule has 0 fully saturated rings. The largest absolute Gasteiger partial charge is 0.462 e. The molecule has 0 N–H and O–H groups in total. The van der Waals surface area contributed by atoms with Gasteiger partial charge in [0.1, 0.15) is 13.2 Å². The number of hydrogen-bond acceptors (Lipinski definition) is 6. The van der Waals surface area contributed by atoms with Crippen molar-refractivity contribution in [3.8, 4) is 0 Å². The zero-order valence-electron chi connectivity index (χ0n) is 52.6. The fourth-order valence-electron chi connectivity index (χ4n) is 7.97. The van der Waals surface area contributed by atoms with Gasteiger partial charge < -0.3 is 14.2 Å². The van der Waals surface area contributed by atoms with E-state index in [-0.39, 0.29) is 31.6 Å². The third-order valence-electron chi connectivity index (χ3n) is 12.7. The summed E-state index contributed by atoms with van der Waals surface area (Å²) < 4.78 is 16.8. The summed E-state index contributed by atoms with van der Waals surface area (Å²) in [6, 6.07) is 0. The molecule has 6 nitrogen and oxygen atoms in total. The smallest absolute Gasteiger partial charge is 0.306 e. The van der Waals surface area contributed by atoms with Crippen LogP contribution in [0.25, 0.3) is 0 Å². The van der Waals surface area contributed by atoms with Crippen LogP contribution in [0.4, 0.5) is 0 Å². The van der Waals surface area contributed by atoms with Gasteiger partial charge in [-0.25, -0.2) is 0 Å². The Labute approximate surface area is 509 Å². The minimum absolute atomic E-state index is 0.133. The molecule has 0 saturated carbocycles. The molecule has 0 aromatic rings. The highest BCUT2D eigenvalue weighted by molar-refractivity contribution is 5.71. The third-order valence-corrected chi connectivity index (χ3v) is 12.7. The zero-order chi connectivity index (χ0) is 59.9. The van der Waals surface area contributed by atoms with E-state index in [0.717, 1.165) is 186 Å². The van der Waals surface area contributed by atoms with Gasteiger partial charge >= 0.3 is 17.9 Å². The van der Waals surface area contributed by atoms with Crippen LogP contribution in [0.5, 0.6) is 0 Å². The number of hydrogen-bond donors (Lipinski definition) is 0. The van der Waals surface area contributed by atoms with Gasteiger partial charge in [0.05, 0.1) is 0 Å². The Kier molecular flexibility index (Phi) is 63.5. The van der Waals surface area contributed by atoms with Gasteiger partial charge in [0, 0.05) is 19.3 Å². The highest BCUT2D eigenvalue weighted by Crippen LogP contribution is 2.12. The molecule has 83 heavy (non-hydrogen) atoms. The van der Waals surface area contributed by atoms with Crippen molar-refractivity contribution < 1.29 is 28.6 Å². The summed E-state index contributed by atoms with van der Waals surface area (Å²) in [5.74, 6) is -1.06. The second kappa shape index (κ2) is 68.5. The maximum absolute atomic E-state index is 12.9. The second-order valence-corrected chi connectivity index (χ2v) is 20.5. The maximum Gasteiger partial charge on any atom is 0.306 e. The van der Waals surface area contributed by atoms with Gasteiger partial charge in [-0.3, -0.25) is 14.4 Å². The SMILES string of the molecule is CC/C=C\C/C=C\C/C=C\C/C=C\C/C=C\C/C=C\C/C=C\C/C=C\C/C=C\CCCCCCCC(=O)OCC(COC(=O)CCCCCCC/C=C\C/C=C\CCC)OC(=O)CC/C=C\C/C=C\C/C=C\C/C=C\C/C=C\C/C=C\CC. The van der Waals surface area contributed by atoms with Gasteiger partial charge in [0.15, 0.2) is 6.10 Å². The summed E-state index contributed by atoms with van der Waals surface area (Å²) in [4.78, 5) is 38.3. The van der Waals surface area contributed by atoms with Crippen molar-refractivity contribution in [1.29, 1.82) is 0 Å². The van der Waals surface area contributed by atoms with Gasteiger partial charge in [-0.05, 0) is 154 Å². The number of esters is 3. The first-order valence-electron chi connectivity index (χ1n) is 32.6. The molecule has 0 aromatic heterocycles. The highest BCUT2D eigenvalue weighted by Gasteiger charge is 2.19. The number of allylic oxidation sites excluding steroid dienone is 34. The first-order valence-corrected chi connectivity index (χ1v) is 32.6. The monoisotopic (exact) mass is 1140 g/mol. The van der Waals surface area contributed by atoms with E-state index in [0.29, 0.717) is 19.3 Å². The Morgan fingerprint density at radius 1 is 0.253 bits per heavy atom. The third kappa shape index (κ3) is 66.7. The minimum atomic E-state index is -0.846. The molecule has 0 aromatic carbocycles. The Hall–Kier alpha value is -6.01. The quantitative estimate of drug-likeness (QED) is 0.0261. The zero-order valence-corrected chi connectivity index (χ0v) is 52.6. The normalized spacial score (nSPS) is 13.5. The average Bonchev–Trinajstić information content (AvgIpc) is 3.49. The van der Waals surface area contributed by atoms with Crippen molar-refractivity contribution in [1.82, 2.24) is 0 Å². The van der Waals surface area contributed by atoms with Crippen molar-refractivity contribution >= 4 is 17.9 Å². The number of unbranched alkanes of at least 4 members (excludes halogenated alkanes) is 11. The van der Waals surface area contributed by atoms with Crippen molar-refractivity contribution in [2.45, 2.75) is 245 Å². The molecular formula is C77H116O6. The van der Waals surface area contributed by atoms with Crippen LogP contribution in [0.1, 0.15) is 239 Å². The topological polar surface area (TPSA) is 78.9 Å². The van der Waals surface area contributed by atoms with Crippen LogP contribution in [-0.2, 0) is 28.6 Å². The molecule has 0 amide bonds. The van der Waals surface area contributed by atoms with E-state index >= 15 is 0 Å². The second-order valence-electron chi connectivity index (χ2n) is 20.5. The van der Waals surface area contributed by atoms with Crippen LogP contribution in [0.15, 0.2) is 207 Å². The van der Waals surface area contributed by atoms with Crippen LogP contribution in [0.3, 0.4) is 0 Å².